The van der Waals surface area contributed by atoms with Gasteiger partial charge in [0.05, 0.1) is 15.6 Å². The zero-order chi connectivity index (χ0) is 17.1. The van der Waals surface area contributed by atoms with Crippen molar-refractivity contribution >= 4 is 39.9 Å². The van der Waals surface area contributed by atoms with Crippen LogP contribution in [0.5, 0.6) is 5.75 Å². The van der Waals surface area contributed by atoms with Gasteiger partial charge in [-0.3, -0.25) is 14.9 Å². The third-order valence-corrected chi connectivity index (χ3v) is 3.92. The van der Waals surface area contributed by atoms with Crippen LogP contribution in [0.25, 0.3) is 0 Å². The van der Waals surface area contributed by atoms with Crippen LogP contribution < -0.4 is 10.1 Å². The Balaban J connectivity index is 2.39. The maximum absolute atomic E-state index is 13.5. The number of carbonyl (C=O) groups is 1. The lowest BCUT2D eigenvalue weighted by molar-refractivity contribution is -0.385. The molecule has 0 heterocycles. The van der Waals surface area contributed by atoms with Crippen LogP contribution in [0.4, 0.5) is 20.2 Å². The van der Waals surface area contributed by atoms with Crippen molar-refractivity contribution in [2.75, 3.05) is 12.4 Å². The molecule has 0 fully saturated rings. The molecule has 0 aliphatic heterocycles. The van der Waals surface area contributed by atoms with E-state index >= 15 is 0 Å². The summed E-state index contributed by atoms with van der Waals surface area (Å²) in [5, 5.41) is 13.2. The normalized spacial score (nSPS) is 10.3. The molecule has 120 valence electrons. The fourth-order valence-electron chi connectivity index (χ4n) is 1.81. The second kappa shape index (κ2) is 6.86. The molecule has 0 aromatic heterocycles. The first kappa shape index (κ1) is 17.1. The highest BCUT2D eigenvalue weighted by Gasteiger charge is 2.22. The maximum atomic E-state index is 13.5. The number of amides is 1. The monoisotopic (exact) mass is 434 g/mol. The molecule has 2 aromatic carbocycles. The van der Waals surface area contributed by atoms with Crippen molar-refractivity contribution in [1.82, 2.24) is 0 Å². The third kappa shape index (κ3) is 3.73. The number of ether oxygens (including phenoxy) is 1. The van der Waals surface area contributed by atoms with E-state index in [1.807, 2.05) is 0 Å². The molecule has 1 N–H and O–H groups in total. The lowest BCUT2D eigenvalue weighted by Crippen LogP contribution is -2.14. The predicted molar refractivity (Wildman–Crippen MR) is 86.7 cm³/mol. The molecule has 1 amide bonds. The first-order valence-corrected chi connectivity index (χ1v) is 7.19. The van der Waals surface area contributed by atoms with Crippen LogP contribution in [-0.2, 0) is 0 Å². The van der Waals surface area contributed by atoms with Crippen LogP contribution in [0, 0.1) is 25.3 Å². The third-order valence-electron chi connectivity index (χ3n) is 2.89. The van der Waals surface area contributed by atoms with Gasteiger partial charge in [-0.25, -0.2) is 8.78 Å². The number of nitro benzene ring substituents is 1. The van der Waals surface area contributed by atoms with Gasteiger partial charge in [-0.1, -0.05) is 0 Å². The first-order chi connectivity index (χ1) is 10.8. The molecule has 2 rings (SSSR count). The van der Waals surface area contributed by atoms with Gasteiger partial charge >= 0.3 is 0 Å². The summed E-state index contributed by atoms with van der Waals surface area (Å²) in [6.07, 6.45) is 0. The molecule has 0 spiro atoms. The Bertz CT molecular complexity index is 775. The van der Waals surface area contributed by atoms with Crippen LogP contribution in [-0.4, -0.2) is 17.9 Å². The molecule has 23 heavy (non-hydrogen) atoms. The quantitative estimate of drug-likeness (QED) is 0.344. The van der Waals surface area contributed by atoms with E-state index in [1.54, 1.807) is 0 Å². The number of hydrogen-bond donors (Lipinski definition) is 1. The molecule has 9 heteroatoms. The summed E-state index contributed by atoms with van der Waals surface area (Å²) in [6.45, 7) is 0. The Kier molecular flexibility index (Phi) is 5.08. The van der Waals surface area contributed by atoms with E-state index in [4.69, 9.17) is 4.74 Å². The summed E-state index contributed by atoms with van der Waals surface area (Å²) in [7, 11) is 1.34. The summed E-state index contributed by atoms with van der Waals surface area (Å²) >= 11 is 1.49. The first-order valence-electron chi connectivity index (χ1n) is 6.11. The number of nitro groups is 1. The Morgan fingerprint density at radius 1 is 1.26 bits per heavy atom. The smallest absolute Gasteiger partial charge is 0.282 e. The van der Waals surface area contributed by atoms with Gasteiger partial charge in [-0.15, -0.1) is 0 Å². The van der Waals surface area contributed by atoms with Gasteiger partial charge in [-0.2, -0.15) is 0 Å². The standard InChI is InChI=1S/C14H9F2IN2O4/c1-23-8-2-3-12(19(21)22)9(6-8)14(20)18-7-4-10(15)13(17)11(16)5-7/h2-6H,1H3,(H,18,20). The summed E-state index contributed by atoms with van der Waals surface area (Å²) in [5.41, 5.74) is -0.883. The van der Waals surface area contributed by atoms with Crippen molar-refractivity contribution in [3.8, 4) is 5.75 Å². The number of nitrogens with one attached hydrogen (secondary N) is 1. The van der Waals surface area contributed by atoms with Gasteiger partial charge in [0, 0.05) is 11.8 Å². The Labute approximate surface area is 142 Å². The molecule has 0 aliphatic rings. The molecule has 0 saturated heterocycles. The number of hydrogen-bond acceptors (Lipinski definition) is 4. The summed E-state index contributed by atoms with van der Waals surface area (Å²) in [4.78, 5) is 22.5. The van der Waals surface area contributed by atoms with Crippen molar-refractivity contribution in [3.63, 3.8) is 0 Å². The van der Waals surface area contributed by atoms with E-state index in [1.165, 1.54) is 41.8 Å². The number of rotatable bonds is 4. The van der Waals surface area contributed by atoms with Gasteiger partial charge in [0.2, 0.25) is 0 Å². The number of anilines is 1. The van der Waals surface area contributed by atoms with Crippen molar-refractivity contribution < 1.29 is 23.2 Å². The predicted octanol–water partition coefficient (Wildman–Crippen LogP) is 3.74. The largest absolute Gasteiger partial charge is 0.497 e. The molecule has 0 saturated carbocycles. The fourth-order valence-corrected chi connectivity index (χ4v) is 2.12. The second-order valence-corrected chi connectivity index (χ2v) is 5.43. The van der Waals surface area contributed by atoms with Gasteiger partial charge < -0.3 is 10.1 Å². The van der Waals surface area contributed by atoms with Crippen LogP contribution in [0.1, 0.15) is 10.4 Å². The van der Waals surface area contributed by atoms with Crippen molar-refractivity contribution in [3.05, 3.63) is 61.2 Å². The number of methoxy groups -OCH3 is 1. The zero-order valence-electron chi connectivity index (χ0n) is 11.6. The van der Waals surface area contributed by atoms with Crippen molar-refractivity contribution in [2.24, 2.45) is 0 Å². The molecule has 0 radical (unpaired) electrons. The van der Waals surface area contributed by atoms with E-state index in [-0.39, 0.29) is 20.6 Å². The van der Waals surface area contributed by atoms with Gasteiger partial charge in [0.1, 0.15) is 22.9 Å². The lowest BCUT2D eigenvalue weighted by atomic mass is 10.1. The number of benzene rings is 2. The van der Waals surface area contributed by atoms with Crippen molar-refractivity contribution in [2.45, 2.75) is 0 Å². The van der Waals surface area contributed by atoms with Crippen LogP contribution >= 0.6 is 22.6 Å². The summed E-state index contributed by atoms with van der Waals surface area (Å²) in [6, 6.07) is 5.47. The Hall–Kier alpha value is -2.30. The SMILES string of the molecule is COc1ccc([N+](=O)[O-])c(C(=O)Nc2cc(F)c(I)c(F)c2)c1. The van der Waals surface area contributed by atoms with Crippen LogP contribution in [0.2, 0.25) is 0 Å². The number of carbonyl (C=O) groups excluding carboxylic acids is 1. The van der Waals surface area contributed by atoms with E-state index in [9.17, 15) is 23.7 Å². The number of halogens is 3. The van der Waals surface area contributed by atoms with Crippen molar-refractivity contribution in [1.29, 1.82) is 0 Å². The average Bonchev–Trinajstić information content (AvgIpc) is 2.51. The van der Waals surface area contributed by atoms with Gasteiger partial charge in [0.15, 0.2) is 0 Å². The topological polar surface area (TPSA) is 81.5 Å². The molecule has 2 aromatic rings. The van der Waals surface area contributed by atoms with Crippen LogP contribution in [0.15, 0.2) is 30.3 Å². The highest BCUT2D eigenvalue weighted by atomic mass is 127. The Morgan fingerprint density at radius 2 is 1.87 bits per heavy atom. The zero-order valence-corrected chi connectivity index (χ0v) is 13.8. The molecule has 6 nitrogen and oxygen atoms in total. The van der Waals surface area contributed by atoms with Gasteiger partial charge in [0.25, 0.3) is 11.6 Å². The fraction of sp³-hybridized carbons (Fsp3) is 0.0714. The van der Waals surface area contributed by atoms with Crippen LogP contribution in [0.3, 0.4) is 0 Å². The highest BCUT2D eigenvalue weighted by molar-refractivity contribution is 14.1. The van der Waals surface area contributed by atoms with E-state index < -0.39 is 28.2 Å². The Morgan fingerprint density at radius 3 is 2.39 bits per heavy atom. The second-order valence-electron chi connectivity index (χ2n) is 4.35. The van der Waals surface area contributed by atoms with Gasteiger partial charge in [-0.05, 0) is 46.9 Å². The highest BCUT2D eigenvalue weighted by Crippen LogP contribution is 2.26. The molecule has 0 atom stereocenters. The molecule has 0 aliphatic carbocycles. The summed E-state index contributed by atoms with van der Waals surface area (Å²) < 4.78 is 31.7. The summed E-state index contributed by atoms with van der Waals surface area (Å²) in [5.74, 6) is -2.33. The molecule has 0 unspecified atom stereocenters. The molecular weight excluding hydrogens is 425 g/mol. The lowest BCUT2D eigenvalue weighted by Gasteiger charge is -2.08. The molecule has 0 bridgehead atoms. The minimum absolute atomic E-state index is 0.150. The number of nitrogens with zero attached hydrogens (tertiary/aromatic N) is 1. The molecular formula is C14H9F2IN2O4. The maximum Gasteiger partial charge on any atom is 0.282 e. The minimum atomic E-state index is -0.879. The van der Waals surface area contributed by atoms with E-state index in [0.29, 0.717) is 0 Å². The minimum Gasteiger partial charge on any atom is -0.497 e. The van der Waals surface area contributed by atoms with E-state index in [0.717, 1.165) is 18.2 Å². The van der Waals surface area contributed by atoms with E-state index in [2.05, 4.69) is 5.32 Å². The average molecular weight is 434 g/mol.